The molecule has 0 radical (unpaired) electrons. The molecule has 0 spiro atoms. The monoisotopic (exact) mass is 240 g/mol. The first kappa shape index (κ1) is 11.6. The van der Waals surface area contributed by atoms with Gasteiger partial charge in [0.1, 0.15) is 6.29 Å². The van der Waals surface area contributed by atoms with Gasteiger partial charge in [0.05, 0.1) is 4.88 Å². The van der Waals surface area contributed by atoms with Crippen LogP contribution in [-0.2, 0) is 0 Å². The summed E-state index contributed by atoms with van der Waals surface area (Å²) in [6.07, 6.45) is 0.888. The minimum atomic E-state index is 0.723. The van der Waals surface area contributed by atoms with E-state index in [2.05, 4.69) is 11.8 Å². The zero-order valence-corrected chi connectivity index (χ0v) is 10.6. The first-order valence-corrected chi connectivity index (χ1v) is 6.20. The lowest BCUT2D eigenvalue weighted by atomic mass is 10.0. The van der Waals surface area contributed by atoms with Gasteiger partial charge in [-0.3, -0.25) is 4.79 Å². The summed E-state index contributed by atoms with van der Waals surface area (Å²) in [7, 11) is 0. The fraction of sp³-hybridized carbons (Fsp3) is 0.133. The van der Waals surface area contributed by atoms with E-state index < -0.39 is 0 Å². The molecule has 0 aliphatic rings. The van der Waals surface area contributed by atoms with Gasteiger partial charge in [0.25, 0.3) is 0 Å². The van der Waals surface area contributed by atoms with Crippen LogP contribution in [0.3, 0.4) is 0 Å². The van der Waals surface area contributed by atoms with E-state index in [0.29, 0.717) is 0 Å². The molecule has 0 saturated heterocycles. The van der Waals surface area contributed by atoms with Crippen LogP contribution >= 0.6 is 11.3 Å². The van der Waals surface area contributed by atoms with Gasteiger partial charge in [-0.1, -0.05) is 17.9 Å². The second-order valence-corrected chi connectivity index (χ2v) is 4.80. The first-order valence-electron chi connectivity index (χ1n) is 5.32. The van der Waals surface area contributed by atoms with Crippen LogP contribution < -0.4 is 0 Å². The molecule has 0 saturated carbocycles. The van der Waals surface area contributed by atoms with E-state index in [0.717, 1.165) is 33.4 Å². The summed E-state index contributed by atoms with van der Waals surface area (Å²) < 4.78 is 0. The third kappa shape index (κ3) is 2.64. The molecule has 1 heterocycles. The summed E-state index contributed by atoms with van der Waals surface area (Å²) in [5.74, 6) is 6.18. The molecule has 2 aromatic rings. The highest BCUT2D eigenvalue weighted by atomic mass is 32.1. The van der Waals surface area contributed by atoms with Gasteiger partial charge >= 0.3 is 0 Å². The zero-order chi connectivity index (χ0) is 12.3. The molecular weight excluding hydrogens is 228 g/mol. The second-order valence-electron chi connectivity index (χ2n) is 3.85. The fourth-order valence-electron chi connectivity index (χ4n) is 1.56. The van der Waals surface area contributed by atoms with E-state index in [4.69, 9.17) is 0 Å². The SMILES string of the molecule is Cc1cc(C#Cc2cccs2)cc(C=O)c1C. The normalized spacial score (nSPS) is 9.53. The smallest absolute Gasteiger partial charge is 0.150 e. The minimum Gasteiger partial charge on any atom is -0.298 e. The third-order valence-corrected chi connectivity index (χ3v) is 3.47. The van der Waals surface area contributed by atoms with E-state index in [1.54, 1.807) is 11.3 Å². The van der Waals surface area contributed by atoms with Crippen LogP contribution in [0.2, 0.25) is 0 Å². The molecule has 0 amide bonds. The molecule has 17 heavy (non-hydrogen) atoms. The molecule has 1 aromatic carbocycles. The second kappa shape index (κ2) is 4.99. The average Bonchev–Trinajstić information content (AvgIpc) is 2.83. The molecule has 0 unspecified atom stereocenters. The Morgan fingerprint density at radius 2 is 2.06 bits per heavy atom. The molecule has 1 aromatic heterocycles. The number of carbonyl (C=O) groups is 1. The van der Waals surface area contributed by atoms with Crippen molar-refractivity contribution in [1.82, 2.24) is 0 Å². The number of hydrogen-bond donors (Lipinski definition) is 0. The van der Waals surface area contributed by atoms with Crippen molar-refractivity contribution >= 4 is 17.6 Å². The van der Waals surface area contributed by atoms with Crippen molar-refractivity contribution < 1.29 is 4.79 Å². The molecular formula is C15H12OS. The lowest BCUT2D eigenvalue weighted by molar-refractivity contribution is 0.112. The molecule has 0 aliphatic carbocycles. The summed E-state index contributed by atoms with van der Waals surface area (Å²) in [6, 6.07) is 7.82. The van der Waals surface area contributed by atoms with Crippen LogP contribution in [0.1, 0.15) is 31.9 Å². The lowest BCUT2D eigenvalue weighted by Crippen LogP contribution is -1.92. The topological polar surface area (TPSA) is 17.1 Å². The fourth-order valence-corrected chi connectivity index (χ4v) is 2.14. The Hall–Kier alpha value is -1.85. The minimum absolute atomic E-state index is 0.723. The zero-order valence-electron chi connectivity index (χ0n) is 9.78. The maximum atomic E-state index is 10.9. The molecule has 0 atom stereocenters. The van der Waals surface area contributed by atoms with Gasteiger partial charge in [0, 0.05) is 11.1 Å². The van der Waals surface area contributed by atoms with Gasteiger partial charge < -0.3 is 0 Å². The van der Waals surface area contributed by atoms with Crippen molar-refractivity contribution in [3.63, 3.8) is 0 Å². The van der Waals surface area contributed by atoms with Crippen LogP contribution in [0, 0.1) is 25.7 Å². The number of hydrogen-bond acceptors (Lipinski definition) is 2. The standard InChI is InChI=1S/C15H12OS/c1-11-8-13(9-14(10-16)12(11)2)5-6-15-4-3-7-17-15/h3-4,7-10H,1-2H3. The van der Waals surface area contributed by atoms with E-state index >= 15 is 0 Å². The van der Waals surface area contributed by atoms with Crippen LogP contribution in [0.5, 0.6) is 0 Å². The highest BCUT2D eigenvalue weighted by molar-refractivity contribution is 7.10. The summed E-state index contributed by atoms with van der Waals surface area (Å²) in [4.78, 5) is 12.0. The summed E-state index contributed by atoms with van der Waals surface area (Å²) in [5, 5.41) is 2.00. The Labute approximate surface area is 105 Å². The highest BCUT2D eigenvalue weighted by Crippen LogP contribution is 2.14. The first-order chi connectivity index (χ1) is 8.20. The Kier molecular flexibility index (Phi) is 3.41. The van der Waals surface area contributed by atoms with Crippen LogP contribution in [0.4, 0.5) is 0 Å². The van der Waals surface area contributed by atoms with Crippen molar-refractivity contribution in [3.8, 4) is 11.8 Å². The Balaban J connectivity index is 2.40. The maximum Gasteiger partial charge on any atom is 0.150 e. The predicted molar refractivity (Wildman–Crippen MR) is 71.6 cm³/mol. The number of rotatable bonds is 1. The van der Waals surface area contributed by atoms with Crippen LogP contribution in [-0.4, -0.2) is 6.29 Å². The van der Waals surface area contributed by atoms with E-state index in [1.165, 1.54) is 0 Å². The van der Waals surface area contributed by atoms with Crippen LogP contribution in [0.25, 0.3) is 0 Å². The molecule has 2 heteroatoms. The van der Waals surface area contributed by atoms with Crippen LogP contribution in [0.15, 0.2) is 29.6 Å². The Bertz CT molecular complexity index is 598. The number of aryl methyl sites for hydroxylation is 1. The van der Waals surface area contributed by atoms with Gasteiger partial charge in [-0.05, 0) is 48.6 Å². The lowest BCUT2D eigenvalue weighted by Gasteiger charge is -2.03. The summed E-state index contributed by atoms with van der Waals surface area (Å²) >= 11 is 1.62. The number of benzene rings is 1. The van der Waals surface area contributed by atoms with E-state index in [9.17, 15) is 4.79 Å². The van der Waals surface area contributed by atoms with Gasteiger partial charge in [0.2, 0.25) is 0 Å². The molecule has 0 bridgehead atoms. The number of carbonyl (C=O) groups excluding carboxylic acids is 1. The average molecular weight is 240 g/mol. The van der Waals surface area contributed by atoms with Crippen molar-refractivity contribution in [1.29, 1.82) is 0 Å². The maximum absolute atomic E-state index is 10.9. The van der Waals surface area contributed by atoms with Crippen molar-refractivity contribution in [3.05, 3.63) is 56.8 Å². The molecule has 0 aliphatic heterocycles. The molecule has 0 fully saturated rings. The number of thiophene rings is 1. The van der Waals surface area contributed by atoms with Gasteiger partial charge in [0.15, 0.2) is 0 Å². The Morgan fingerprint density at radius 1 is 1.24 bits per heavy atom. The van der Waals surface area contributed by atoms with Gasteiger partial charge in [-0.2, -0.15) is 0 Å². The van der Waals surface area contributed by atoms with E-state index in [-0.39, 0.29) is 0 Å². The molecule has 1 nitrogen and oxygen atoms in total. The highest BCUT2D eigenvalue weighted by Gasteiger charge is 2.01. The van der Waals surface area contributed by atoms with Crippen molar-refractivity contribution in [2.75, 3.05) is 0 Å². The van der Waals surface area contributed by atoms with Gasteiger partial charge in [-0.25, -0.2) is 0 Å². The molecule has 2 rings (SSSR count). The number of aldehydes is 1. The van der Waals surface area contributed by atoms with Crippen molar-refractivity contribution in [2.45, 2.75) is 13.8 Å². The van der Waals surface area contributed by atoms with Crippen molar-refractivity contribution in [2.24, 2.45) is 0 Å². The van der Waals surface area contributed by atoms with Gasteiger partial charge in [-0.15, -0.1) is 11.3 Å². The predicted octanol–water partition coefficient (Wildman–Crippen LogP) is 3.58. The third-order valence-electron chi connectivity index (χ3n) is 2.69. The molecule has 84 valence electrons. The summed E-state index contributed by atoms with van der Waals surface area (Å²) in [5.41, 5.74) is 3.75. The Morgan fingerprint density at radius 3 is 2.71 bits per heavy atom. The summed E-state index contributed by atoms with van der Waals surface area (Å²) in [6.45, 7) is 3.95. The largest absolute Gasteiger partial charge is 0.298 e. The van der Waals surface area contributed by atoms with E-state index in [1.807, 2.05) is 43.5 Å². The molecule has 0 N–H and O–H groups in total. The quantitative estimate of drug-likeness (QED) is 0.550.